The van der Waals surface area contributed by atoms with Crippen molar-refractivity contribution in [2.24, 2.45) is 0 Å². The Morgan fingerprint density at radius 2 is 2.00 bits per heavy atom. The molecule has 1 unspecified atom stereocenters. The van der Waals surface area contributed by atoms with Gasteiger partial charge in [-0.1, -0.05) is 44.2 Å². The van der Waals surface area contributed by atoms with Crippen molar-refractivity contribution in [3.63, 3.8) is 0 Å². The van der Waals surface area contributed by atoms with Crippen LogP contribution in [0.4, 0.5) is 0 Å². The molecule has 2 heteroatoms. The van der Waals surface area contributed by atoms with Crippen LogP contribution in [-0.4, -0.2) is 11.2 Å². The Labute approximate surface area is 116 Å². The van der Waals surface area contributed by atoms with Gasteiger partial charge in [-0.2, -0.15) is 0 Å². The van der Waals surface area contributed by atoms with Crippen LogP contribution in [0.15, 0.2) is 18.2 Å². The average Bonchev–Trinajstić information content (AvgIpc) is 2.39. The van der Waals surface area contributed by atoms with Crippen LogP contribution in [-0.2, 0) is 0 Å². The van der Waals surface area contributed by atoms with Crippen LogP contribution in [0.3, 0.4) is 0 Å². The average molecular weight is 262 g/mol. The standard InChI is InChI=1S/C17H26O2/c1-3-4-5-6-7-8-14-12-16(18)15-11-13(2)9-10-17(15)19-14/h9-11,14,16,18H,3-8,12H2,1-2H3/t14?,16-/m1/s1. The van der Waals surface area contributed by atoms with E-state index < -0.39 is 0 Å². The highest BCUT2D eigenvalue weighted by Crippen LogP contribution is 2.36. The quantitative estimate of drug-likeness (QED) is 0.763. The highest BCUT2D eigenvalue weighted by atomic mass is 16.5. The van der Waals surface area contributed by atoms with Crippen LogP contribution in [0.1, 0.15) is 69.1 Å². The second-order valence-corrected chi connectivity index (χ2v) is 5.74. The minimum Gasteiger partial charge on any atom is -0.490 e. The highest BCUT2D eigenvalue weighted by molar-refractivity contribution is 5.40. The summed E-state index contributed by atoms with van der Waals surface area (Å²) in [4.78, 5) is 0. The van der Waals surface area contributed by atoms with Crippen LogP contribution < -0.4 is 4.74 Å². The zero-order valence-electron chi connectivity index (χ0n) is 12.2. The number of fused-ring (bicyclic) bond motifs is 1. The van der Waals surface area contributed by atoms with E-state index in [-0.39, 0.29) is 12.2 Å². The van der Waals surface area contributed by atoms with Gasteiger partial charge in [0, 0.05) is 12.0 Å². The van der Waals surface area contributed by atoms with E-state index in [1.54, 1.807) is 0 Å². The molecular weight excluding hydrogens is 236 g/mol. The predicted octanol–water partition coefficient (Wildman–Crippen LogP) is 4.54. The van der Waals surface area contributed by atoms with Gasteiger partial charge in [0.1, 0.15) is 11.9 Å². The SMILES string of the molecule is CCCCCCCC1C[C@@H](O)c2cc(C)ccc2O1. The van der Waals surface area contributed by atoms with E-state index >= 15 is 0 Å². The maximum atomic E-state index is 10.2. The molecule has 0 aromatic heterocycles. The maximum absolute atomic E-state index is 10.2. The van der Waals surface area contributed by atoms with Crippen LogP contribution in [0.5, 0.6) is 5.75 Å². The highest BCUT2D eigenvalue weighted by Gasteiger charge is 2.26. The molecule has 1 aromatic rings. The Balaban J connectivity index is 1.85. The van der Waals surface area contributed by atoms with Gasteiger partial charge in [-0.25, -0.2) is 0 Å². The molecule has 19 heavy (non-hydrogen) atoms. The number of hydrogen-bond acceptors (Lipinski definition) is 2. The Bertz CT molecular complexity index is 400. The van der Waals surface area contributed by atoms with E-state index in [1.807, 2.05) is 19.1 Å². The number of benzene rings is 1. The van der Waals surface area contributed by atoms with Gasteiger partial charge in [0.25, 0.3) is 0 Å². The lowest BCUT2D eigenvalue weighted by Gasteiger charge is -2.30. The largest absolute Gasteiger partial charge is 0.490 e. The molecule has 1 aromatic carbocycles. The van der Waals surface area contributed by atoms with E-state index in [0.717, 1.165) is 24.2 Å². The van der Waals surface area contributed by atoms with Gasteiger partial charge >= 0.3 is 0 Å². The number of aryl methyl sites for hydroxylation is 1. The molecule has 0 bridgehead atoms. The summed E-state index contributed by atoms with van der Waals surface area (Å²) in [5.41, 5.74) is 2.14. The van der Waals surface area contributed by atoms with E-state index in [2.05, 4.69) is 13.0 Å². The minimum atomic E-state index is -0.357. The first-order chi connectivity index (χ1) is 9.20. The third kappa shape index (κ3) is 3.97. The van der Waals surface area contributed by atoms with Crippen molar-refractivity contribution in [1.29, 1.82) is 0 Å². The molecule has 1 aliphatic heterocycles. The van der Waals surface area contributed by atoms with E-state index in [4.69, 9.17) is 4.74 Å². The van der Waals surface area contributed by atoms with Crippen molar-refractivity contribution < 1.29 is 9.84 Å². The summed E-state index contributed by atoms with van der Waals surface area (Å²) in [6, 6.07) is 6.09. The lowest BCUT2D eigenvalue weighted by atomic mass is 9.95. The van der Waals surface area contributed by atoms with Gasteiger partial charge in [0.2, 0.25) is 0 Å². The molecule has 2 atom stereocenters. The van der Waals surface area contributed by atoms with Crippen LogP contribution in [0.25, 0.3) is 0 Å². The van der Waals surface area contributed by atoms with Crippen molar-refractivity contribution >= 4 is 0 Å². The lowest BCUT2D eigenvalue weighted by molar-refractivity contribution is 0.0604. The summed E-state index contributed by atoms with van der Waals surface area (Å²) < 4.78 is 6.00. The van der Waals surface area contributed by atoms with Crippen molar-refractivity contribution in [3.8, 4) is 5.75 Å². The summed E-state index contributed by atoms with van der Waals surface area (Å²) in [5.74, 6) is 0.878. The molecule has 0 radical (unpaired) electrons. The zero-order chi connectivity index (χ0) is 13.7. The normalized spacial score (nSPS) is 21.8. The van der Waals surface area contributed by atoms with E-state index in [1.165, 1.54) is 37.7 Å². The fourth-order valence-electron chi connectivity index (χ4n) is 2.79. The van der Waals surface area contributed by atoms with E-state index in [9.17, 15) is 5.11 Å². The van der Waals surface area contributed by atoms with Gasteiger partial charge in [-0.15, -0.1) is 0 Å². The number of hydrogen-bond donors (Lipinski definition) is 1. The molecule has 1 aliphatic rings. The van der Waals surface area contributed by atoms with Crippen molar-refractivity contribution in [2.45, 2.75) is 71.0 Å². The molecule has 2 nitrogen and oxygen atoms in total. The second-order valence-electron chi connectivity index (χ2n) is 5.74. The molecule has 0 saturated carbocycles. The summed E-state index contributed by atoms with van der Waals surface area (Å²) in [7, 11) is 0. The lowest BCUT2D eigenvalue weighted by Crippen LogP contribution is -2.25. The molecule has 0 fully saturated rings. The van der Waals surface area contributed by atoms with Crippen LogP contribution >= 0.6 is 0 Å². The predicted molar refractivity (Wildman–Crippen MR) is 78.5 cm³/mol. The Morgan fingerprint density at radius 1 is 1.21 bits per heavy atom. The molecule has 1 N–H and O–H groups in total. The zero-order valence-corrected chi connectivity index (χ0v) is 12.2. The minimum absolute atomic E-state index is 0.187. The molecule has 0 saturated heterocycles. The van der Waals surface area contributed by atoms with Crippen molar-refractivity contribution in [1.82, 2.24) is 0 Å². The van der Waals surface area contributed by atoms with Gasteiger partial charge in [0.15, 0.2) is 0 Å². The third-order valence-corrected chi connectivity index (χ3v) is 3.93. The summed E-state index contributed by atoms with van der Waals surface area (Å²) in [5, 5.41) is 10.2. The third-order valence-electron chi connectivity index (χ3n) is 3.93. The monoisotopic (exact) mass is 262 g/mol. The number of unbranched alkanes of at least 4 members (excludes halogenated alkanes) is 4. The van der Waals surface area contributed by atoms with E-state index in [0.29, 0.717) is 0 Å². The van der Waals surface area contributed by atoms with Gasteiger partial charge in [-0.3, -0.25) is 0 Å². The van der Waals surface area contributed by atoms with Gasteiger partial charge < -0.3 is 9.84 Å². The molecule has 1 heterocycles. The Kier molecular flexibility index (Phi) is 5.26. The molecule has 0 spiro atoms. The molecule has 0 aliphatic carbocycles. The smallest absolute Gasteiger partial charge is 0.125 e. The van der Waals surface area contributed by atoms with Crippen LogP contribution in [0, 0.1) is 6.92 Å². The number of aliphatic hydroxyl groups is 1. The molecule has 106 valence electrons. The first-order valence-corrected chi connectivity index (χ1v) is 7.66. The second kappa shape index (κ2) is 6.95. The fourth-order valence-corrected chi connectivity index (χ4v) is 2.79. The topological polar surface area (TPSA) is 29.5 Å². The summed E-state index contributed by atoms with van der Waals surface area (Å²) in [6.45, 7) is 4.28. The number of ether oxygens (including phenoxy) is 1. The number of rotatable bonds is 6. The molecule has 2 rings (SSSR count). The fraction of sp³-hybridized carbons (Fsp3) is 0.647. The van der Waals surface area contributed by atoms with Crippen molar-refractivity contribution in [3.05, 3.63) is 29.3 Å². The van der Waals surface area contributed by atoms with Crippen LogP contribution in [0.2, 0.25) is 0 Å². The summed E-state index contributed by atoms with van der Waals surface area (Å²) >= 11 is 0. The first-order valence-electron chi connectivity index (χ1n) is 7.66. The Hall–Kier alpha value is -1.02. The molecule has 0 amide bonds. The number of aliphatic hydroxyl groups excluding tert-OH is 1. The maximum Gasteiger partial charge on any atom is 0.125 e. The summed E-state index contributed by atoms with van der Waals surface area (Å²) in [6.07, 6.45) is 8.06. The molecular formula is C17H26O2. The van der Waals surface area contributed by atoms with Gasteiger partial charge in [-0.05, 0) is 31.9 Å². The first kappa shape index (κ1) is 14.4. The van der Waals surface area contributed by atoms with Crippen molar-refractivity contribution in [2.75, 3.05) is 0 Å². The van der Waals surface area contributed by atoms with Gasteiger partial charge in [0.05, 0.1) is 6.10 Å². The Morgan fingerprint density at radius 3 is 2.79 bits per heavy atom.